The standard InChI is InChI=1S/C30H47NO10/c1-8-16(2)10-29(36)26(35)31-14-21(32)24(38-7)25(34)40-19-9-20-23(17(3)11-27(20,5)39-15-19)18(4)12-28(6)22(33)13-30(29,37)41-28/h11-12,16,19-24,32-33,36-37H,8-10,13-15H2,1-7H3,(H,31,35)/b18-12+/t16-,19-,20-,21-,22+,23-,24+,27+,28+,29+,30+/m0/s1. The lowest BCUT2D eigenvalue weighted by molar-refractivity contribution is -0.293. The van der Waals surface area contributed by atoms with Gasteiger partial charge in [-0.25, -0.2) is 4.79 Å². The first-order valence-electron chi connectivity index (χ1n) is 14.6. The number of ether oxygens (including phenoxy) is 4. The van der Waals surface area contributed by atoms with E-state index >= 15 is 0 Å². The van der Waals surface area contributed by atoms with Gasteiger partial charge in [0.15, 0.2) is 11.7 Å². The number of hydrogen-bond acceptors (Lipinski definition) is 10. The molecule has 2 fully saturated rings. The number of nitrogens with one attached hydrogen (secondary N) is 1. The van der Waals surface area contributed by atoms with Gasteiger partial charge in [-0.15, -0.1) is 0 Å². The Bertz CT molecular complexity index is 1090. The number of β-amino-alcohol motifs (C(OH)–C–C–N with tert-alkyl or cyclic N) is 1. The van der Waals surface area contributed by atoms with Crippen molar-refractivity contribution in [1.29, 1.82) is 0 Å². The largest absolute Gasteiger partial charge is 0.458 e. The molecule has 4 rings (SSSR count). The van der Waals surface area contributed by atoms with E-state index < -0.39 is 71.8 Å². The quantitative estimate of drug-likeness (QED) is 0.240. The Kier molecular flexibility index (Phi) is 8.86. The van der Waals surface area contributed by atoms with Gasteiger partial charge in [0.1, 0.15) is 17.8 Å². The zero-order chi connectivity index (χ0) is 30.5. The van der Waals surface area contributed by atoms with E-state index in [2.05, 4.69) is 11.4 Å². The number of rotatable bonds is 4. The summed E-state index contributed by atoms with van der Waals surface area (Å²) < 4.78 is 23.3. The van der Waals surface area contributed by atoms with Crippen molar-refractivity contribution in [1.82, 2.24) is 5.32 Å². The Morgan fingerprint density at radius 2 is 1.76 bits per heavy atom. The van der Waals surface area contributed by atoms with Crippen LogP contribution in [0.25, 0.3) is 0 Å². The number of fused-ring (bicyclic) bond motifs is 3. The fourth-order valence-electron chi connectivity index (χ4n) is 7.23. The molecular weight excluding hydrogens is 534 g/mol. The summed E-state index contributed by atoms with van der Waals surface area (Å²) in [5, 5.41) is 48.2. The number of allylic oxidation sites excluding steroid dienone is 2. The van der Waals surface area contributed by atoms with Crippen molar-refractivity contribution in [3.63, 3.8) is 0 Å². The molecule has 11 heteroatoms. The minimum atomic E-state index is -2.48. The average molecular weight is 582 g/mol. The van der Waals surface area contributed by atoms with Crippen LogP contribution in [-0.4, -0.2) is 99.6 Å². The molecule has 0 aromatic rings. The summed E-state index contributed by atoms with van der Waals surface area (Å²) in [7, 11) is 1.25. The van der Waals surface area contributed by atoms with Crippen LogP contribution >= 0.6 is 0 Å². The summed E-state index contributed by atoms with van der Waals surface area (Å²) in [5.74, 6) is -4.71. The second kappa shape index (κ2) is 11.3. The molecule has 0 saturated carbocycles. The molecule has 3 aliphatic heterocycles. The second-order valence-electron chi connectivity index (χ2n) is 13.0. The number of esters is 1. The number of aliphatic hydroxyl groups excluding tert-OH is 2. The zero-order valence-corrected chi connectivity index (χ0v) is 25.2. The third kappa shape index (κ3) is 5.62. The minimum Gasteiger partial charge on any atom is -0.458 e. The van der Waals surface area contributed by atoms with E-state index in [1.165, 1.54) is 7.11 Å². The van der Waals surface area contributed by atoms with Crippen molar-refractivity contribution in [2.75, 3.05) is 20.3 Å². The number of amides is 1. The van der Waals surface area contributed by atoms with Gasteiger partial charge >= 0.3 is 5.97 Å². The predicted molar refractivity (Wildman–Crippen MR) is 147 cm³/mol. The molecular formula is C30H47NO10. The second-order valence-corrected chi connectivity index (χ2v) is 13.0. The maximum atomic E-state index is 13.6. The molecule has 2 saturated heterocycles. The lowest BCUT2D eigenvalue weighted by Crippen LogP contribution is -2.64. The van der Waals surface area contributed by atoms with E-state index in [0.29, 0.717) is 12.8 Å². The molecule has 232 valence electrons. The highest BCUT2D eigenvalue weighted by Gasteiger charge is 2.65. The third-order valence-electron chi connectivity index (χ3n) is 9.72. The number of carbonyl (C=O) groups excluding carboxylic acids is 2. The molecule has 4 bridgehead atoms. The van der Waals surface area contributed by atoms with E-state index in [-0.39, 0.29) is 30.8 Å². The van der Waals surface area contributed by atoms with Gasteiger partial charge in [-0.2, -0.15) is 0 Å². The molecule has 4 aliphatic rings. The van der Waals surface area contributed by atoms with Gasteiger partial charge in [-0.1, -0.05) is 43.6 Å². The lowest BCUT2D eigenvalue weighted by atomic mass is 9.74. The van der Waals surface area contributed by atoms with Crippen LogP contribution in [0.5, 0.6) is 0 Å². The van der Waals surface area contributed by atoms with Gasteiger partial charge in [-0.05, 0) is 46.5 Å². The monoisotopic (exact) mass is 581 g/mol. The molecule has 0 aromatic heterocycles. The average Bonchev–Trinajstić information content (AvgIpc) is 3.29. The molecule has 1 amide bonds. The van der Waals surface area contributed by atoms with Crippen LogP contribution in [-0.2, 0) is 28.5 Å². The maximum Gasteiger partial charge on any atom is 0.338 e. The Balaban J connectivity index is 1.80. The lowest BCUT2D eigenvalue weighted by Gasteiger charge is -2.42. The Hall–Kier alpha value is -1.86. The maximum absolute atomic E-state index is 13.6. The van der Waals surface area contributed by atoms with E-state index in [4.69, 9.17) is 18.9 Å². The molecule has 11 nitrogen and oxygen atoms in total. The van der Waals surface area contributed by atoms with Gasteiger partial charge in [0, 0.05) is 31.9 Å². The van der Waals surface area contributed by atoms with Crippen LogP contribution in [0.1, 0.15) is 67.2 Å². The van der Waals surface area contributed by atoms with E-state index in [1.54, 1.807) is 13.0 Å². The van der Waals surface area contributed by atoms with Gasteiger partial charge in [0.2, 0.25) is 5.79 Å². The van der Waals surface area contributed by atoms with Crippen LogP contribution < -0.4 is 5.32 Å². The normalized spacial score (nSPS) is 47.5. The SMILES string of the molecule is CC[C@H](C)C[C@@]1(O)C(=O)NC[C@H](O)[C@@H](OC)C(=O)O[C@@H]2CO[C@]3(C)C=C(C)[C@@H](/C(C)=C/[C@@]4(C)O[C@]1(O)C[C@H]4O)[C@@H]3C2. The molecule has 41 heavy (non-hydrogen) atoms. The number of methoxy groups -OCH3 is 1. The van der Waals surface area contributed by atoms with E-state index in [1.807, 2.05) is 34.6 Å². The Morgan fingerprint density at radius 3 is 2.37 bits per heavy atom. The van der Waals surface area contributed by atoms with Crippen molar-refractivity contribution in [2.45, 2.75) is 114 Å². The van der Waals surface area contributed by atoms with Crippen molar-refractivity contribution in [3.8, 4) is 0 Å². The van der Waals surface area contributed by atoms with Crippen molar-refractivity contribution in [2.24, 2.45) is 17.8 Å². The molecule has 0 aromatic carbocycles. The molecule has 5 N–H and O–H groups in total. The van der Waals surface area contributed by atoms with Crippen molar-refractivity contribution < 1.29 is 49.0 Å². The third-order valence-corrected chi connectivity index (χ3v) is 9.72. The van der Waals surface area contributed by atoms with Crippen LogP contribution in [0.4, 0.5) is 0 Å². The summed E-state index contributed by atoms with van der Waals surface area (Å²) >= 11 is 0. The first-order valence-corrected chi connectivity index (χ1v) is 14.6. The van der Waals surface area contributed by atoms with Gasteiger partial charge in [0.05, 0.1) is 18.3 Å². The number of hydrogen-bond donors (Lipinski definition) is 5. The van der Waals surface area contributed by atoms with Crippen LogP contribution in [0.2, 0.25) is 0 Å². The van der Waals surface area contributed by atoms with Crippen LogP contribution in [0.15, 0.2) is 23.3 Å². The summed E-state index contributed by atoms with van der Waals surface area (Å²) in [4.78, 5) is 26.6. The Morgan fingerprint density at radius 1 is 1.12 bits per heavy atom. The van der Waals surface area contributed by atoms with Crippen molar-refractivity contribution >= 4 is 11.9 Å². The van der Waals surface area contributed by atoms with Crippen LogP contribution in [0.3, 0.4) is 0 Å². The molecule has 0 spiro atoms. The van der Waals surface area contributed by atoms with Gasteiger partial charge in [0.25, 0.3) is 5.91 Å². The first kappa shape index (κ1) is 32.1. The Labute approximate surface area is 241 Å². The topological polar surface area (TPSA) is 164 Å². The minimum absolute atomic E-state index is 0.112. The number of aliphatic hydroxyl groups is 4. The van der Waals surface area contributed by atoms with E-state index in [9.17, 15) is 30.0 Å². The van der Waals surface area contributed by atoms with Crippen molar-refractivity contribution in [3.05, 3.63) is 23.3 Å². The fourth-order valence-corrected chi connectivity index (χ4v) is 7.23. The highest BCUT2D eigenvalue weighted by atomic mass is 16.7. The molecule has 3 heterocycles. The van der Waals surface area contributed by atoms with Crippen LogP contribution in [0, 0.1) is 17.8 Å². The molecule has 0 unspecified atom stereocenters. The number of carbonyl (C=O) groups is 2. The summed E-state index contributed by atoms with van der Waals surface area (Å²) in [6, 6.07) is 0. The summed E-state index contributed by atoms with van der Waals surface area (Å²) in [6.07, 6.45) is -0.469. The molecule has 1 aliphatic carbocycles. The highest BCUT2D eigenvalue weighted by molar-refractivity contribution is 5.86. The smallest absolute Gasteiger partial charge is 0.338 e. The van der Waals surface area contributed by atoms with Gasteiger partial charge in [-0.3, -0.25) is 4.79 Å². The zero-order valence-electron chi connectivity index (χ0n) is 25.2. The van der Waals surface area contributed by atoms with Gasteiger partial charge < -0.3 is 44.7 Å². The predicted octanol–water partition coefficient (Wildman–Crippen LogP) is 1.12. The summed E-state index contributed by atoms with van der Waals surface area (Å²) in [6.45, 7) is 10.9. The fraction of sp³-hybridized carbons (Fsp3) is 0.800. The first-order chi connectivity index (χ1) is 19.0. The molecule has 0 radical (unpaired) electrons. The highest BCUT2D eigenvalue weighted by Crippen LogP contribution is 2.52. The summed E-state index contributed by atoms with van der Waals surface area (Å²) in [5.41, 5.74) is -2.64. The van der Waals surface area contributed by atoms with E-state index in [0.717, 1.165) is 11.1 Å². The molecule has 11 atom stereocenters.